The normalized spacial score (nSPS) is 10.7. The molecule has 2 heteroatoms. The summed E-state index contributed by atoms with van der Waals surface area (Å²) in [6, 6.07) is 68.6. The molecule has 7 rings (SSSR count). The third kappa shape index (κ3) is 5.74. The molecule has 0 aliphatic heterocycles. The highest BCUT2D eigenvalue weighted by Crippen LogP contribution is 2.39. The van der Waals surface area contributed by atoms with E-state index in [0.717, 1.165) is 45.3 Å². The van der Waals surface area contributed by atoms with E-state index >= 15 is 0 Å². The van der Waals surface area contributed by atoms with Gasteiger partial charge in [0.1, 0.15) is 0 Å². The van der Waals surface area contributed by atoms with Crippen LogP contribution in [0.1, 0.15) is 0 Å². The number of para-hydroxylation sites is 3. The predicted molar refractivity (Wildman–Crippen MR) is 187 cm³/mol. The minimum absolute atomic E-state index is 1.11. The Kier molecular flexibility index (Phi) is 7.71. The minimum Gasteiger partial charge on any atom is -0.310 e. The van der Waals surface area contributed by atoms with Gasteiger partial charge >= 0.3 is 0 Å². The highest BCUT2D eigenvalue weighted by molar-refractivity contribution is 5.83. The van der Waals surface area contributed by atoms with Crippen LogP contribution in [0.3, 0.4) is 0 Å². The molecule has 0 saturated carbocycles. The largest absolute Gasteiger partial charge is 0.310 e. The molecule has 0 fully saturated rings. The van der Waals surface area contributed by atoms with Gasteiger partial charge in [0.25, 0.3) is 0 Å². The molecule has 0 aromatic heterocycles. The van der Waals surface area contributed by atoms with Crippen LogP contribution >= 0.6 is 0 Å². The number of nitrogens with zero attached hydrogens (tertiary/aromatic N) is 2. The van der Waals surface area contributed by atoms with Gasteiger partial charge in [-0.15, -0.1) is 0 Å². The molecule has 0 aliphatic carbocycles. The maximum Gasteiger partial charge on any atom is 0.0467 e. The zero-order valence-electron chi connectivity index (χ0n) is 24.4. The number of hydrogen-bond donors (Lipinski definition) is 0. The van der Waals surface area contributed by atoms with Crippen LogP contribution < -0.4 is 9.80 Å². The molecule has 0 amide bonds. The van der Waals surface area contributed by atoms with Crippen molar-refractivity contribution in [2.75, 3.05) is 9.80 Å². The second-order valence-corrected chi connectivity index (χ2v) is 10.7. The Morgan fingerprint density at radius 2 is 0.500 bits per heavy atom. The van der Waals surface area contributed by atoms with Crippen molar-refractivity contribution in [2.45, 2.75) is 0 Å². The lowest BCUT2D eigenvalue weighted by Gasteiger charge is -2.27. The lowest BCUT2D eigenvalue weighted by atomic mass is 10.0. The summed E-state index contributed by atoms with van der Waals surface area (Å²) in [5, 5.41) is 0. The standard InChI is InChI=1S/C42H32N2/c1-5-15-33(16-6-1)34-27-29-40(30-28-34)44(39-23-11-4-12-24-39)42-26-14-18-36(32-42)35-17-13-25-41(31-35)43(37-19-7-2-8-20-37)38-21-9-3-10-22-38/h1-32H. The molecule has 0 bridgehead atoms. The number of benzene rings is 7. The SMILES string of the molecule is c1ccc(-c2ccc(N(c3ccccc3)c3cccc(-c4cccc(N(c5ccccc5)c5ccccc5)c4)c3)cc2)cc1. The monoisotopic (exact) mass is 564 g/mol. The summed E-state index contributed by atoms with van der Waals surface area (Å²) in [5.41, 5.74) is 11.4. The molecular formula is C42H32N2. The average Bonchev–Trinajstić information content (AvgIpc) is 3.11. The van der Waals surface area contributed by atoms with E-state index in [1.165, 1.54) is 11.1 Å². The van der Waals surface area contributed by atoms with E-state index in [1.807, 2.05) is 0 Å². The Hall–Kier alpha value is -5.86. The van der Waals surface area contributed by atoms with Crippen molar-refractivity contribution < 1.29 is 0 Å². The van der Waals surface area contributed by atoms with Crippen molar-refractivity contribution in [3.05, 3.63) is 194 Å². The Bertz CT molecular complexity index is 1900. The molecule has 2 nitrogen and oxygen atoms in total. The summed E-state index contributed by atoms with van der Waals surface area (Å²) >= 11 is 0. The van der Waals surface area contributed by atoms with Crippen molar-refractivity contribution in [1.29, 1.82) is 0 Å². The Morgan fingerprint density at radius 1 is 0.205 bits per heavy atom. The molecule has 0 heterocycles. The maximum absolute atomic E-state index is 2.32. The van der Waals surface area contributed by atoms with Gasteiger partial charge in [0.2, 0.25) is 0 Å². The zero-order valence-corrected chi connectivity index (χ0v) is 24.4. The molecule has 0 atom stereocenters. The minimum atomic E-state index is 1.11. The lowest BCUT2D eigenvalue weighted by molar-refractivity contribution is 1.28. The van der Waals surface area contributed by atoms with E-state index in [2.05, 4.69) is 204 Å². The number of anilines is 6. The van der Waals surface area contributed by atoms with Crippen LogP contribution in [0.2, 0.25) is 0 Å². The molecular weight excluding hydrogens is 532 g/mol. The van der Waals surface area contributed by atoms with Crippen LogP contribution in [-0.4, -0.2) is 0 Å². The van der Waals surface area contributed by atoms with Crippen LogP contribution in [0.15, 0.2) is 194 Å². The van der Waals surface area contributed by atoms with Crippen molar-refractivity contribution in [1.82, 2.24) is 0 Å². The quantitative estimate of drug-likeness (QED) is 0.181. The third-order valence-electron chi connectivity index (χ3n) is 7.82. The lowest BCUT2D eigenvalue weighted by Crippen LogP contribution is -2.10. The molecule has 44 heavy (non-hydrogen) atoms. The van der Waals surface area contributed by atoms with Crippen molar-refractivity contribution >= 4 is 34.1 Å². The zero-order chi connectivity index (χ0) is 29.6. The first-order valence-corrected chi connectivity index (χ1v) is 14.9. The molecule has 0 spiro atoms. The Balaban J connectivity index is 1.28. The van der Waals surface area contributed by atoms with E-state index in [1.54, 1.807) is 0 Å². The molecule has 210 valence electrons. The second-order valence-electron chi connectivity index (χ2n) is 10.7. The number of hydrogen-bond acceptors (Lipinski definition) is 2. The second kappa shape index (κ2) is 12.6. The van der Waals surface area contributed by atoms with Gasteiger partial charge in [-0.2, -0.15) is 0 Å². The summed E-state index contributed by atoms with van der Waals surface area (Å²) in [6.45, 7) is 0. The van der Waals surface area contributed by atoms with E-state index in [9.17, 15) is 0 Å². The van der Waals surface area contributed by atoms with Crippen LogP contribution in [0, 0.1) is 0 Å². The Labute approximate surface area is 259 Å². The van der Waals surface area contributed by atoms with Crippen LogP contribution in [0.25, 0.3) is 22.3 Å². The van der Waals surface area contributed by atoms with Gasteiger partial charge in [0.05, 0.1) is 0 Å². The first kappa shape index (κ1) is 27.0. The van der Waals surface area contributed by atoms with Gasteiger partial charge in [0, 0.05) is 34.1 Å². The molecule has 0 unspecified atom stereocenters. The fourth-order valence-corrected chi connectivity index (χ4v) is 5.71. The van der Waals surface area contributed by atoms with Gasteiger partial charge in [0.15, 0.2) is 0 Å². The average molecular weight is 565 g/mol. The summed E-state index contributed by atoms with van der Waals surface area (Å²) in [5.74, 6) is 0. The highest BCUT2D eigenvalue weighted by atomic mass is 15.1. The van der Waals surface area contributed by atoms with Gasteiger partial charge in [-0.3, -0.25) is 0 Å². The first-order valence-electron chi connectivity index (χ1n) is 14.9. The van der Waals surface area contributed by atoms with Crippen molar-refractivity contribution in [3.8, 4) is 22.3 Å². The topological polar surface area (TPSA) is 6.48 Å². The molecule has 7 aromatic carbocycles. The molecule has 7 aromatic rings. The fourth-order valence-electron chi connectivity index (χ4n) is 5.71. The summed E-state index contributed by atoms with van der Waals surface area (Å²) < 4.78 is 0. The Morgan fingerprint density at radius 3 is 0.909 bits per heavy atom. The fraction of sp³-hybridized carbons (Fsp3) is 0. The van der Waals surface area contributed by atoms with E-state index in [0.29, 0.717) is 0 Å². The van der Waals surface area contributed by atoms with E-state index in [-0.39, 0.29) is 0 Å². The summed E-state index contributed by atoms with van der Waals surface area (Å²) in [4.78, 5) is 4.63. The van der Waals surface area contributed by atoms with Gasteiger partial charge in [-0.1, -0.05) is 121 Å². The highest BCUT2D eigenvalue weighted by Gasteiger charge is 2.15. The molecule has 0 aliphatic rings. The maximum atomic E-state index is 2.32. The molecule has 0 N–H and O–H groups in total. The summed E-state index contributed by atoms with van der Waals surface area (Å²) in [7, 11) is 0. The van der Waals surface area contributed by atoms with Crippen molar-refractivity contribution in [3.63, 3.8) is 0 Å². The van der Waals surface area contributed by atoms with Gasteiger partial charge in [-0.25, -0.2) is 0 Å². The van der Waals surface area contributed by atoms with Crippen LogP contribution in [0.5, 0.6) is 0 Å². The predicted octanol–water partition coefficient (Wildman–Crippen LogP) is 12.0. The third-order valence-corrected chi connectivity index (χ3v) is 7.82. The number of rotatable bonds is 8. The summed E-state index contributed by atoms with van der Waals surface area (Å²) in [6.07, 6.45) is 0. The van der Waals surface area contributed by atoms with Gasteiger partial charge in [-0.05, 0) is 95.1 Å². The first-order chi connectivity index (χ1) is 21.8. The van der Waals surface area contributed by atoms with E-state index < -0.39 is 0 Å². The van der Waals surface area contributed by atoms with Crippen LogP contribution in [0.4, 0.5) is 34.1 Å². The molecule has 0 radical (unpaired) electrons. The smallest absolute Gasteiger partial charge is 0.0467 e. The van der Waals surface area contributed by atoms with E-state index in [4.69, 9.17) is 0 Å². The molecule has 0 saturated heterocycles. The van der Waals surface area contributed by atoms with Gasteiger partial charge < -0.3 is 9.80 Å². The van der Waals surface area contributed by atoms with Crippen molar-refractivity contribution in [2.24, 2.45) is 0 Å². The van der Waals surface area contributed by atoms with Crippen LogP contribution in [-0.2, 0) is 0 Å².